The molecular formula is C27H29Cl2N3O2. The van der Waals surface area contributed by atoms with Crippen molar-refractivity contribution in [1.29, 1.82) is 0 Å². The predicted molar refractivity (Wildman–Crippen MR) is 142 cm³/mol. The molecule has 1 N–H and O–H groups in total. The second kappa shape index (κ2) is 13.6. The summed E-state index contributed by atoms with van der Waals surface area (Å²) in [5.41, 5.74) is 6.62. The van der Waals surface area contributed by atoms with Crippen LogP contribution in [0.1, 0.15) is 22.6 Å². The molecule has 0 saturated heterocycles. The Morgan fingerprint density at radius 3 is 2.21 bits per heavy atom. The first-order chi connectivity index (χ1) is 16.6. The molecule has 0 aromatic heterocycles. The highest BCUT2D eigenvalue weighted by Gasteiger charge is 2.21. The number of halogens is 2. The van der Waals surface area contributed by atoms with E-state index in [0.717, 1.165) is 41.2 Å². The number of carbonyl (C=O) groups is 1. The Morgan fingerprint density at radius 1 is 0.971 bits per heavy atom. The van der Waals surface area contributed by atoms with Gasteiger partial charge in [-0.15, -0.1) is 23.2 Å². The summed E-state index contributed by atoms with van der Waals surface area (Å²) in [6.45, 7) is 1.46. The zero-order valence-electron chi connectivity index (χ0n) is 19.2. The van der Waals surface area contributed by atoms with Gasteiger partial charge in [-0.2, -0.15) is 5.10 Å². The lowest BCUT2D eigenvalue weighted by atomic mass is 9.91. The van der Waals surface area contributed by atoms with Crippen LogP contribution >= 0.6 is 23.2 Å². The smallest absolute Gasteiger partial charge is 0.247 e. The van der Waals surface area contributed by atoms with Crippen LogP contribution in [0.4, 0.5) is 5.69 Å². The average Bonchev–Trinajstić information content (AvgIpc) is 2.88. The maximum absolute atomic E-state index is 13.1. The molecule has 0 saturated carbocycles. The van der Waals surface area contributed by atoms with Gasteiger partial charge in [0.25, 0.3) is 0 Å². The number of carbonyl (C=O) groups excluding carboxylic acids is 1. The van der Waals surface area contributed by atoms with Gasteiger partial charge < -0.3 is 9.64 Å². The van der Waals surface area contributed by atoms with E-state index >= 15 is 0 Å². The lowest BCUT2D eigenvalue weighted by molar-refractivity contribution is -0.122. The average molecular weight is 498 g/mol. The van der Waals surface area contributed by atoms with Crippen molar-refractivity contribution in [2.75, 3.05) is 36.9 Å². The van der Waals surface area contributed by atoms with E-state index in [1.54, 1.807) is 13.3 Å². The summed E-state index contributed by atoms with van der Waals surface area (Å²) in [5.74, 6) is 1.32. The summed E-state index contributed by atoms with van der Waals surface area (Å²) in [7, 11) is 1.64. The van der Waals surface area contributed by atoms with E-state index in [1.165, 1.54) is 0 Å². The Bertz CT molecular complexity index is 1040. The molecule has 0 spiro atoms. The summed E-state index contributed by atoms with van der Waals surface area (Å²) in [4.78, 5) is 15.2. The molecule has 178 valence electrons. The fourth-order valence-electron chi connectivity index (χ4n) is 3.64. The van der Waals surface area contributed by atoms with Crippen molar-refractivity contribution in [3.63, 3.8) is 0 Å². The van der Waals surface area contributed by atoms with Crippen molar-refractivity contribution >= 4 is 41.0 Å². The second-order valence-corrected chi connectivity index (χ2v) is 8.46. The summed E-state index contributed by atoms with van der Waals surface area (Å²) in [5, 5.41) is 4.20. The first-order valence-electron chi connectivity index (χ1n) is 11.1. The molecule has 5 nitrogen and oxygen atoms in total. The number of nitrogens with one attached hydrogen (secondary N) is 1. The Labute approximate surface area is 211 Å². The van der Waals surface area contributed by atoms with Gasteiger partial charge in [-0.25, -0.2) is 5.43 Å². The monoisotopic (exact) mass is 497 g/mol. The lowest BCUT2D eigenvalue weighted by Gasteiger charge is -2.22. The van der Waals surface area contributed by atoms with E-state index < -0.39 is 0 Å². The van der Waals surface area contributed by atoms with Crippen molar-refractivity contribution < 1.29 is 9.53 Å². The molecular weight excluding hydrogens is 469 g/mol. The molecule has 1 atom stereocenters. The molecule has 7 heteroatoms. The number of benzene rings is 3. The molecule has 3 aromatic carbocycles. The number of methoxy groups -OCH3 is 1. The first kappa shape index (κ1) is 25.6. The Balaban J connectivity index is 1.67. The van der Waals surface area contributed by atoms with Crippen LogP contribution in [-0.2, 0) is 11.2 Å². The standard InChI is InChI=1S/C27H29Cl2N3O2/c1-34-25-13-9-21(10-14-25)19-26(23-5-3-2-4-6-23)27(33)31-30-20-22-7-11-24(12-8-22)32(17-15-28)18-16-29/h2-14,20,26H,15-19H2,1H3,(H,31,33)/b30-20-. The minimum Gasteiger partial charge on any atom is -0.497 e. The van der Waals surface area contributed by atoms with Gasteiger partial charge in [0.05, 0.1) is 19.2 Å². The summed E-state index contributed by atoms with van der Waals surface area (Å²) in [6.07, 6.45) is 2.20. The molecule has 1 unspecified atom stereocenters. The molecule has 0 heterocycles. The van der Waals surface area contributed by atoms with Crippen molar-refractivity contribution in [2.45, 2.75) is 12.3 Å². The molecule has 0 bridgehead atoms. The highest BCUT2D eigenvalue weighted by molar-refractivity contribution is 6.18. The minimum atomic E-state index is -0.367. The zero-order valence-corrected chi connectivity index (χ0v) is 20.7. The van der Waals surface area contributed by atoms with Crippen molar-refractivity contribution in [3.05, 3.63) is 95.6 Å². The van der Waals surface area contributed by atoms with Crippen LogP contribution in [0, 0.1) is 0 Å². The number of nitrogens with zero attached hydrogens (tertiary/aromatic N) is 2. The van der Waals surface area contributed by atoms with Crippen LogP contribution < -0.4 is 15.1 Å². The summed E-state index contributed by atoms with van der Waals surface area (Å²) in [6, 6.07) is 25.4. The Morgan fingerprint density at radius 2 is 1.62 bits per heavy atom. The molecule has 0 aliphatic rings. The topological polar surface area (TPSA) is 53.9 Å². The molecule has 34 heavy (non-hydrogen) atoms. The Hall–Kier alpha value is -3.02. The van der Waals surface area contributed by atoms with Gasteiger partial charge in [0.15, 0.2) is 0 Å². The van der Waals surface area contributed by atoms with Crippen molar-refractivity contribution in [2.24, 2.45) is 5.10 Å². The number of amides is 1. The van der Waals surface area contributed by atoms with Gasteiger partial charge >= 0.3 is 0 Å². The van der Waals surface area contributed by atoms with Gasteiger partial charge in [0.1, 0.15) is 5.75 Å². The maximum Gasteiger partial charge on any atom is 0.247 e. The highest BCUT2D eigenvalue weighted by Crippen LogP contribution is 2.23. The SMILES string of the molecule is COc1ccc(CC(C(=O)N/N=C\c2ccc(N(CCCl)CCCl)cc2)c2ccccc2)cc1. The van der Waals surface area contributed by atoms with Crippen LogP contribution in [-0.4, -0.2) is 44.1 Å². The number of ether oxygens (including phenoxy) is 1. The number of hydrogen-bond acceptors (Lipinski definition) is 4. The molecule has 0 radical (unpaired) electrons. The van der Waals surface area contributed by atoms with Crippen molar-refractivity contribution in [1.82, 2.24) is 5.43 Å². The summed E-state index contributed by atoms with van der Waals surface area (Å²) < 4.78 is 5.23. The first-order valence-corrected chi connectivity index (χ1v) is 12.2. The normalized spacial score (nSPS) is 11.9. The largest absolute Gasteiger partial charge is 0.497 e. The molecule has 1 amide bonds. The quantitative estimate of drug-likeness (QED) is 0.205. The van der Waals surface area contributed by atoms with E-state index in [0.29, 0.717) is 18.2 Å². The number of alkyl halides is 2. The van der Waals surface area contributed by atoms with E-state index in [-0.39, 0.29) is 11.8 Å². The van der Waals surface area contributed by atoms with Crippen LogP contribution in [0.5, 0.6) is 5.75 Å². The van der Waals surface area contributed by atoms with Crippen LogP contribution in [0.15, 0.2) is 84.0 Å². The fraction of sp³-hybridized carbons (Fsp3) is 0.259. The lowest BCUT2D eigenvalue weighted by Crippen LogP contribution is -2.27. The predicted octanol–water partition coefficient (Wildman–Crippen LogP) is 5.46. The molecule has 3 aromatic rings. The van der Waals surface area contributed by atoms with Crippen LogP contribution in [0.3, 0.4) is 0 Å². The third-order valence-electron chi connectivity index (χ3n) is 5.47. The van der Waals surface area contributed by atoms with Crippen molar-refractivity contribution in [3.8, 4) is 5.75 Å². The highest BCUT2D eigenvalue weighted by atomic mass is 35.5. The van der Waals surface area contributed by atoms with E-state index in [9.17, 15) is 4.79 Å². The molecule has 0 aliphatic heterocycles. The Kier molecular flexibility index (Phi) is 10.3. The van der Waals surface area contributed by atoms with Gasteiger partial charge in [0, 0.05) is 30.5 Å². The summed E-state index contributed by atoms with van der Waals surface area (Å²) >= 11 is 11.8. The van der Waals surface area contributed by atoms with Gasteiger partial charge in [-0.3, -0.25) is 4.79 Å². The van der Waals surface area contributed by atoms with E-state index in [4.69, 9.17) is 27.9 Å². The molecule has 0 aliphatic carbocycles. The molecule has 3 rings (SSSR count). The van der Waals surface area contributed by atoms with Gasteiger partial charge in [0.2, 0.25) is 5.91 Å². The van der Waals surface area contributed by atoms with E-state index in [2.05, 4.69) is 15.4 Å². The van der Waals surface area contributed by atoms with Gasteiger partial charge in [-0.1, -0.05) is 54.6 Å². The van der Waals surface area contributed by atoms with Gasteiger partial charge in [-0.05, 0) is 47.4 Å². The minimum absolute atomic E-state index is 0.162. The number of hydrazone groups is 1. The third-order valence-corrected chi connectivity index (χ3v) is 5.81. The van der Waals surface area contributed by atoms with Crippen LogP contribution in [0.2, 0.25) is 0 Å². The van der Waals surface area contributed by atoms with E-state index in [1.807, 2.05) is 78.9 Å². The number of rotatable bonds is 12. The third kappa shape index (κ3) is 7.51. The molecule has 0 fully saturated rings. The zero-order chi connectivity index (χ0) is 24.2. The fourth-order valence-corrected chi connectivity index (χ4v) is 4.05. The van der Waals surface area contributed by atoms with Crippen LogP contribution in [0.25, 0.3) is 0 Å². The second-order valence-electron chi connectivity index (χ2n) is 7.71. The number of hydrogen-bond donors (Lipinski definition) is 1. The number of anilines is 1. The maximum atomic E-state index is 13.1.